The summed E-state index contributed by atoms with van der Waals surface area (Å²) in [5.41, 5.74) is 7.52. The first-order valence-electron chi connectivity index (χ1n) is 8.28. The molecule has 0 aliphatic carbocycles. The Morgan fingerprint density at radius 2 is 1.62 bits per heavy atom. The molecule has 1 fully saturated rings. The summed E-state index contributed by atoms with van der Waals surface area (Å²) in [6.07, 6.45) is 2.50. The number of nitrogens with two attached hydrogens (primary N) is 1. The number of nitrogens with zero attached hydrogens (tertiary/aromatic N) is 2. The summed E-state index contributed by atoms with van der Waals surface area (Å²) < 4.78 is 0. The lowest BCUT2D eigenvalue weighted by Crippen LogP contribution is -2.46. The minimum absolute atomic E-state index is 0.301. The Kier molecular flexibility index (Phi) is 6.22. The molecule has 2 rings (SSSR count). The van der Waals surface area contributed by atoms with E-state index >= 15 is 0 Å². The summed E-state index contributed by atoms with van der Waals surface area (Å²) in [4.78, 5) is 5.17. The second-order valence-corrected chi connectivity index (χ2v) is 7.08. The van der Waals surface area contributed by atoms with Crippen LogP contribution in [0, 0.1) is 5.41 Å². The summed E-state index contributed by atoms with van der Waals surface area (Å²) in [5, 5.41) is 0. The van der Waals surface area contributed by atoms with Crippen LogP contribution in [0.4, 0.5) is 0 Å². The van der Waals surface area contributed by atoms with Crippen molar-refractivity contribution in [2.24, 2.45) is 11.1 Å². The summed E-state index contributed by atoms with van der Waals surface area (Å²) in [7, 11) is 0. The van der Waals surface area contributed by atoms with Crippen LogP contribution < -0.4 is 5.73 Å². The lowest BCUT2D eigenvalue weighted by atomic mass is 9.88. The SMILES string of the molecule is CC(C)(CN)CCCN1CCN(Cc2ccccc2)CC1. The summed E-state index contributed by atoms with van der Waals surface area (Å²) >= 11 is 0. The van der Waals surface area contributed by atoms with Crippen LogP contribution >= 0.6 is 0 Å². The third-order valence-electron chi connectivity index (χ3n) is 4.59. The van der Waals surface area contributed by atoms with Crippen molar-refractivity contribution in [1.82, 2.24) is 9.80 Å². The smallest absolute Gasteiger partial charge is 0.0234 e. The summed E-state index contributed by atoms with van der Waals surface area (Å²) in [5.74, 6) is 0. The Balaban J connectivity index is 1.64. The van der Waals surface area contributed by atoms with Gasteiger partial charge in [-0.05, 0) is 36.9 Å². The Morgan fingerprint density at radius 1 is 1.00 bits per heavy atom. The normalized spacial score (nSPS) is 18.0. The lowest BCUT2D eigenvalue weighted by Gasteiger charge is -2.35. The van der Waals surface area contributed by atoms with E-state index in [1.54, 1.807) is 0 Å². The van der Waals surface area contributed by atoms with Crippen LogP contribution in [0.3, 0.4) is 0 Å². The molecule has 0 saturated carbocycles. The molecule has 1 aromatic rings. The predicted octanol–water partition coefficient (Wildman–Crippen LogP) is 2.57. The molecule has 1 aromatic carbocycles. The fourth-order valence-electron chi connectivity index (χ4n) is 2.90. The van der Waals surface area contributed by atoms with Gasteiger partial charge in [-0.2, -0.15) is 0 Å². The molecule has 0 radical (unpaired) electrons. The van der Waals surface area contributed by atoms with Gasteiger partial charge in [-0.1, -0.05) is 44.2 Å². The van der Waals surface area contributed by atoms with Crippen molar-refractivity contribution < 1.29 is 0 Å². The number of rotatable bonds is 7. The molecule has 118 valence electrons. The highest BCUT2D eigenvalue weighted by molar-refractivity contribution is 5.14. The topological polar surface area (TPSA) is 32.5 Å². The maximum Gasteiger partial charge on any atom is 0.0234 e. The fraction of sp³-hybridized carbons (Fsp3) is 0.667. The minimum Gasteiger partial charge on any atom is -0.330 e. The van der Waals surface area contributed by atoms with Crippen LogP contribution in [0.15, 0.2) is 30.3 Å². The van der Waals surface area contributed by atoms with Gasteiger partial charge in [0.25, 0.3) is 0 Å². The largest absolute Gasteiger partial charge is 0.330 e. The lowest BCUT2D eigenvalue weighted by molar-refractivity contribution is 0.122. The first-order valence-corrected chi connectivity index (χ1v) is 8.28. The highest BCUT2D eigenvalue weighted by Crippen LogP contribution is 2.20. The molecule has 2 N–H and O–H groups in total. The third-order valence-corrected chi connectivity index (χ3v) is 4.59. The van der Waals surface area contributed by atoms with Gasteiger partial charge < -0.3 is 10.6 Å². The number of benzene rings is 1. The maximum absolute atomic E-state index is 5.80. The van der Waals surface area contributed by atoms with Crippen molar-refractivity contribution in [2.75, 3.05) is 39.3 Å². The number of hydrogen-bond acceptors (Lipinski definition) is 3. The molecule has 3 nitrogen and oxygen atoms in total. The minimum atomic E-state index is 0.301. The Bertz CT molecular complexity index is 394. The Labute approximate surface area is 130 Å². The molecule has 21 heavy (non-hydrogen) atoms. The van der Waals surface area contributed by atoms with E-state index in [4.69, 9.17) is 5.73 Å². The molecule has 1 aliphatic rings. The Hall–Kier alpha value is -0.900. The molecule has 0 amide bonds. The zero-order chi connectivity index (χ0) is 15.1. The first kappa shape index (κ1) is 16.5. The average molecular weight is 289 g/mol. The monoisotopic (exact) mass is 289 g/mol. The van der Waals surface area contributed by atoms with E-state index < -0.39 is 0 Å². The zero-order valence-electron chi connectivity index (χ0n) is 13.7. The molecule has 3 heteroatoms. The van der Waals surface area contributed by atoms with Gasteiger partial charge in [0.15, 0.2) is 0 Å². The van der Waals surface area contributed by atoms with Gasteiger partial charge >= 0.3 is 0 Å². The molecular formula is C18H31N3. The van der Waals surface area contributed by atoms with Gasteiger partial charge in [-0.3, -0.25) is 4.90 Å². The maximum atomic E-state index is 5.80. The van der Waals surface area contributed by atoms with Crippen molar-refractivity contribution in [1.29, 1.82) is 0 Å². The highest BCUT2D eigenvalue weighted by atomic mass is 15.3. The standard InChI is InChI=1S/C18H31N3/c1-18(2,16-19)9-6-10-20-11-13-21(14-12-20)15-17-7-4-3-5-8-17/h3-5,7-8H,6,9-16,19H2,1-2H3. The van der Waals surface area contributed by atoms with Crippen molar-refractivity contribution in [3.05, 3.63) is 35.9 Å². The van der Waals surface area contributed by atoms with Crippen molar-refractivity contribution in [2.45, 2.75) is 33.2 Å². The van der Waals surface area contributed by atoms with E-state index in [-0.39, 0.29) is 0 Å². The van der Waals surface area contributed by atoms with Gasteiger partial charge in [0, 0.05) is 32.7 Å². The number of piperazine rings is 1. The van der Waals surface area contributed by atoms with Gasteiger partial charge in [0.2, 0.25) is 0 Å². The van der Waals surface area contributed by atoms with Crippen LogP contribution in [0.2, 0.25) is 0 Å². The average Bonchev–Trinajstić information content (AvgIpc) is 2.50. The molecular weight excluding hydrogens is 258 g/mol. The zero-order valence-corrected chi connectivity index (χ0v) is 13.7. The fourth-order valence-corrected chi connectivity index (χ4v) is 2.90. The van der Waals surface area contributed by atoms with Crippen LogP contribution in [-0.2, 0) is 6.54 Å². The molecule has 0 aromatic heterocycles. The van der Waals surface area contributed by atoms with Crippen LogP contribution in [0.25, 0.3) is 0 Å². The van der Waals surface area contributed by atoms with Gasteiger partial charge in [0.05, 0.1) is 0 Å². The van der Waals surface area contributed by atoms with E-state index in [1.165, 1.54) is 51.1 Å². The molecule has 0 atom stereocenters. The molecule has 1 heterocycles. The summed E-state index contributed by atoms with van der Waals surface area (Å²) in [6.45, 7) is 12.4. The summed E-state index contributed by atoms with van der Waals surface area (Å²) in [6, 6.07) is 10.8. The molecule has 0 bridgehead atoms. The van der Waals surface area contributed by atoms with E-state index in [1.807, 2.05) is 0 Å². The van der Waals surface area contributed by atoms with Crippen molar-refractivity contribution >= 4 is 0 Å². The van der Waals surface area contributed by atoms with E-state index in [9.17, 15) is 0 Å². The predicted molar refractivity (Wildman–Crippen MR) is 90.2 cm³/mol. The third kappa shape index (κ3) is 5.77. The molecule has 0 spiro atoms. The first-order chi connectivity index (χ1) is 10.1. The molecule has 0 unspecified atom stereocenters. The van der Waals surface area contributed by atoms with E-state index in [2.05, 4.69) is 54.0 Å². The van der Waals surface area contributed by atoms with E-state index in [0.717, 1.165) is 13.1 Å². The van der Waals surface area contributed by atoms with E-state index in [0.29, 0.717) is 5.41 Å². The van der Waals surface area contributed by atoms with Crippen molar-refractivity contribution in [3.8, 4) is 0 Å². The van der Waals surface area contributed by atoms with Crippen LogP contribution in [-0.4, -0.2) is 49.1 Å². The van der Waals surface area contributed by atoms with Crippen LogP contribution in [0.1, 0.15) is 32.3 Å². The van der Waals surface area contributed by atoms with Gasteiger partial charge in [0.1, 0.15) is 0 Å². The van der Waals surface area contributed by atoms with Crippen LogP contribution in [0.5, 0.6) is 0 Å². The molecule has 1 aliphatic heterocycles. The number of hydrogen-bond donors (Lipinski definition) is 1. The second-order valence-electron chi connectivity index (χ2n) is 7.08. The second kappa shape index (κ2) is 7.92. The van der Waals surface area contributed by atoms with Gasteiger partial charge in [-0.25, -0.2) is 0 Å². The molecule has 1 saturated heterocycles. The quantitative estimate of drug-likeness (QED) is 0.837. The Morgan fingerprint density at radius 3 is 2.24 bits per heavy atom. The highest BCUT2D eigenvalue weighted by Gasteiger charge is 2.19. The van der Waals surface area contributed by atoms with Crippen molar-refractivity contribution in [3.63, 3.8) is 0 Å². The van der Waals surface area contributed by atoms with Gasteiger partial charge in [-0.15, -0.1) is 0 Å².